The molecule has 2 saturated heterocycles. The predicted octanol–water partition coefficient (Wildman–Crippen LogP) is 2.07. The van der Waals surface area contributed by atoms with Gasteiger partial charge < -0.3 is 4.74 Å². The molecule has 2 heterocycles. The van der Waals surface area contributed by atoms with Crippen LogP contribution in [0, 0.1) is 13.8 Å². The summed E-state index contributed by atoms with van der Waals surface area (Å²) in [5, 5.41) is -0.963. The van der Waals surface area contributed by atoms with Gasteiger partial charge in [-0.25, -0.2) is 16.8 Å². The Hall–Kier alpha value is -1.94. The molecule has 0 bridgehead atoms. The molecule has 0 saturated carbocycles. The molecule has 0 N–H and O–H groups in total. The maximum atomic E-state index is 13.7. The molecule has 0 spiro atoms. The van der Waals surface area contributed by atoms with E-state index in [9.17, 15) is 16.8 Å². The van der Waals surface area contributed by atoms with E-state index >= 15 is 0 Å². The van der Waals surface area contributed by atoms with Crippen LogP contribution in [0.2, 0.25) is 0 Å². The van der Waals surface area contributed by atoms with Crippen molar-refractivity contribution in [1.82, 2.24) is 9.80 Å². The second-order valence-electron chi connectivity index (χ2n) is 9.11. The molecule has 2 aliphatic heterocycles. The Balaban J connectivity index is 1.54. The van der Waals surface area contributed by atoms with E-state index < -0.39 is 31.0 Å². The molecule has 2 atom stereocenters. The van der Waals surface area contributed by atoms with Crippen molar-refractivity contribution in [1.29, 1.82) is 0 Å². The summed E-state index contributed by atoms with van der Waals surface area (Å²) in [6, 6.07) is 13.0. The first-order valence-corrected chi connectivity index (χ1v) is 14.6. The summed E-state index contributed by atoms with van der Waals surface area (Å²) in [6.07, 6.45) is 0. The van der Waals surface area contributed by atoms with Crippen LogP contribution in [-0.2, 0) is 26.2 Å². The molecular weight excluding hydrogens is 460 g/mol. The lowest BCUT2D eigenvalue weighted by Crippen LogP contribution is -2.54. The van der Waals surface area contributed by atoms with Crippen LogP contribution in [0.1, 0.15) is 16.7 Å². The first kappa shape index (κ1) is 24.2. The van der Waals surface area contributed by atoms with Crippen molar-refractivity contribution >= 4 is 19.7 Å². The molecule has 9 heteroatoms. The van der Waals surface area contributed by atoms with E-state index in [4.69, 9.17) is 4.74 Å². The highest BCUT2D eigenvalue weighted by atomic mass is 32.2. The van der Waals surface area contributed by atoms with Crippen LogP contribution in [0.15, 0.2) is 47.4 Å². The van der Waals surface area contributed by atoms with Gasteiger partial charge in [0.05, 0.1) is 28.8 Å². The van der Waals surface area contributed by atoms with Crippen molar-refractivity contribution < 1.29 is 21.6 Å². The summed E-state index contributed by atoms with van der Waals surface area (Å²) in [5.74, 6) is 0.190. The number of hydrogen-bond donors (Lipinski definition) is 0. The minimum absolute atomic E-state index is 0.107. The largest absolute Gasteiger partial charge is 0.496 e. The van der Waals surface area contributed by atoms with Crippen LogP contribution in [0.25, 0.3) is 0 Å². The Morgan fingerprint density at radius 1 is 0.970 bits per heavy atom. The third-order valence-corrected chi connectivity index (χ3v) is 11.1. The van der Waals surface area contributed by atoms with E-state index in [0.29, 0.717) is 30.0 Å². The lowest BCUT2D eigenvalue weighted by molar-refractivity contribution is 0.101. The normalized spacial score (nSPS) is 24.1. The quantitative estimate of drug-likeness (QED) is 0.610. The van der Waals surface area contributed by atoms with E-state index in [1.807, 2.05) is 18.2 Å². The first-order chi connectivity index (χ1) is 15.6. The number of rotatable bonds is 6. The monoisotopic (exact) mass is 492 g/mol. The highest BCUT2D eigenvalue weighted by molar-refractivity contribution is 7.96. The zero-order chi connectivity index (χ0) is 23.8. The number of piperazine rings is 1. The van der Waals surface area contributed by atoms with Crippen LogP contribution < -0.4 is 4.74 Å². The molecular formula is C24H32N2O5S2. The van der Waals surface area contributed by atoms with Gasteiger partial charge in [-0.1, -0.05) is 30.3 Å². The lowest BCUT2D eigenvalue weighted by atomic mass is 10.1. The van der Waals surface area contributed by atoms with E-state index in [0.717, 1.165) is 19.6 Å². The number of methoxy groups -OCH3 is 1. The van der Waals surface area contributed by atoms with Crippen LogP contribution in [0.5, 0.6) is 5.75 Å². The van der Waals surface area contributed by atoms with Gasteiger partial charge in [-0.3, -0.25) is 9.80 Å². The van der Waals surface area contributed by atoms with Crippen LogP contribution in [0.4, 0.5) is 0 Å². The van der Waals surface area contributed by atoms with Gasteiger partial charge in [0.1, 0.15) is 5.75 Å². The van der Waals surface area contributed by atoms with Crippen molar-refractivity contribution in [2.75, 3.05) is 44.8 Å². The SMILES string of the molecule is COc1cc(C)c(S(=O)(=O)[C@H]2CS(=O)(=O)C[C@@H]2N2CCN(Cc3ccccc3)CC2)cc1C. The highest BCUT2D eigenvalue weighted by Gasteiger charge is 2.49. The van der Waals surface area contributed by atoms with Crippen LogP contribution in [-0.4, -0.2) is 82.7 Å². The smallest absolute Gasteiger partial charge is 0.184 e. The Labute approximate surface area is 197 Å². The maximum Gasteiger partial charge on any atom is 0.184 e. The van der Waals surface area contributed by atoms with Gasteiger partial charge in [0.15, 0.2) is 19.7 Å². The van der Waals surface area contributed by atoms with E-state index in [1.54, 1.807) is 33.1 Å². The maximum absolute atomic E-state index is 13.7. The predicted molar refractivity (Wildman–Crippen MR) is 129 cm³/mol. The van der Waals surface area contributed by atoms with Gasteiger partial charge in [-0.2, -0.15) is 0 Å². The highest BCUT2D eigenvalue weighted by Crippen LogP contribution is 2.33. The molecule has 180 valence electrons. The zero-order valence-corrected chi connectivity index (χ0v) is 21.0. The number of ether oxygens (including phenoxy) is 1. The average molecular weight is 493 g/mol. The van der Waals surface area contributed by atoms with E-state index in [-0.39, 0.29) is 16.4 Å². The van der Waals surface area contributed by atoms with Gasteiger partial charge in [-0.15, -0.1) is 0 Å². The van der Waals surface area contributed by atoms with Crippen molar-refractivity contribution in [3.05, 3.63) is 59.2 Å². The molecule has 2 aromatic carbocycles. The summed E-state index contributed by atoms with van der Waals surface area (Å²) in [7, 11) is -5.73. The van der Waals surface area contributed by atoms with Gasteiger partial charge in [0.25, 0.3) is 0 Å². The topological polar surface area (TPSA) is 84.0 Å². The Bertz CT molecular complexity index is 1200. The van der Waals surface area contributed by atoms with Gasteiger partial charge >= 0.3 is 0 Å². The number of benzene rings is 2. The van der Waals surface area contributed by atoms with Gasteiger partial charge in [-0.05, 0) is 42.7 Å². The summed E-state index contributed by atoms with van der Waals surface area (Å²) >= 11 is 0. The first-order valence-electron chi connectivity index (χ1n) is 11.2. The van der Waals surface area contributed by atoms with Crippen LogP contribution in [0.3, 0.4) is 0 Å². The summed E-state index contributed by atoms with van der Waals surface area (Å²) in [4.78, 5) is 4.60. The number of hydrogen-bond acceptors (Lipinski definition) is 7. The second-order valence-corrected chi connectivity index (χ2v) is 13.4. The summed E-state index contributed by atoms with van der Waals surface area (Å²) in [5.41, 5.74) is 2.53. The average Bonchev–Trinajstić information content (AvgIpc) is 3.12. The molecule has 0 aliphatic carbocycles. The molecule has 0 unspecified atom stereocenters. The number of nitrogens with zero attached hydrogens (tertiary/aromatic N) is 2. The Kier molecular flexibility index (Phi) is 6.87. The van der Waals surface area contributed by atoms with Crippen molar-refractivity contribution in [3.8, 4) is 5.75 Å². The number of aryl methyl sites for hydroxylation is 2. The van der Waals surface area contributed by atoms with Gasteiger partial charge in [0.2, 0.25) is 0 Å². The summed E-state index contributed by atoms with van der Waals surface area (Å²) in [6.45, 7) is 7.22. The van der Waals surface area contributed by atoms with Crippen molar-refractivity contribution in [2.45, 2.75) is 36.6 Å². The zero-order valence-electron chi connectivity index (χ0n) is 19.4. The molecule has 2 aliphatic rings. The molecule has 0 amide bonds. The fourth-order valence-corrected chi connectivity index (χ4v) is 10.1. The fraction of sp³-hybridized carbons (Fsp3) is 0.500. The van der Waals surface area contributed by atoms with Crippen LogP contribution >= 0.6 is 0 Å². The molecule has 2 fully saturated rings. The molecule has 33 heavy (non-hydrogen) atoms. The minimum Gasteiger partial charge on any atom is -0.496 e. The lowest BCUT2D eigenvalue weighted by Gasteiger charge is -2.39. The molecule has 7 nitrogen and oxygen atoms in total. The molecule has 0 aromatic heterocycles. The van der Waals surface area contributed by atoms with Crippen molar-refractivity contribution in [2.24, 2.45) is 0 Å². The van der Waals surface area contributed by atoms with Crippen molar-refractivity contribution in [3.63, 3.8) is 0 Å². The third kappa shape index (κ3) is 5.11. The molecule has 0 radical (unpaired) electrons. The summed E-state index contributed by atoms with van der Waals surface area (Å²) < 4.78 is 58.0. The van der Waals surface area contributed by atoms with Gasteiger partial charge in [0, 0.05) is 38.8 Å². The third-order valence-electron chi connectivity index (χ3n) is 6.79. The molecule has 2 aromatic rings. The fourth-order valence-electron chi connectivity index (χ4n) is 4.98. The van der Waals surface area contributed by atoms with E-state index in [2.05, 4.69) is 21.9 Å². The van der Waals surface area contributed by atoms with E-state index in [1.165, 1.54) is 5.56 Å². The number of sulfone groups is 2. The standard InChI is InChI=1S/C24H32N2O5S2/c1-18-14-23(19(2)13-22(18)31-3)33(29,30)24-17-32(27,28)16-21(24)26-11-9-25(10-12-26)15-20-7-5-4-6-8-20/h4-8,13-14,21,24H,9-12,15-17H2,1-3H3/t21-,24-/m0/s1. The Morgan fingerprint density at radius 3 is 2.27 bits per heavy atom. The Morgan fingerprint density at radius 2 is 1.64 bits per heavy atom. The molecule has 4 rings (SSSR count). The second kappa shape index (κ2) is 9.37. The minimum atomic E-state index is -3.84.